The molecular weight excluding hydrogens is 228 g/mol. The van der Waals surface area contributed by atoms with Crippen molar-refractivity contribution < 1.29 is 0 Å². The van der Waals surface area contributed by atoms with E-state index in [-0.39, 0.29) is 0 Å². The largest absolute Gasteiger partial charge is 0.0654 e. The van der Waals surface area contributed by atoms with Crippen LogP contribution in [-0.4, -0.2) is 0 Å². The maximum atomic E-state index is 2.32. The van der Waals surface area contributed by atoms with E-state index in [9.17, 15) is 0 Å². The Hall–Kier alpha value is -0.780. The van der Waals surface area contributed by atoms with Gasteiger partial charge < -0.3 is 0 Å². The van der Waals surface area contributed by atoms with Crippen molar-refractivity contribution in [3.63, 3.8) is 0 Å². The lowest BCUT2D eigenvalue weighted by molar-refractivity contribution is 0.257. The summed E-state index contributed by atoms with van der Waals surface area (Å²) in [4.78, 5) is 0. The van der Waals surface area contributed by atoms with Crippen LogP contribution in [0, 0.1) is 18.8 Å². The van der Waals surface area contributed by atoms with E-state index in [4.69, 9.17) is 0 Å². The highest BCUT2D eigenvalue weighted by Gasteiger charge is 2.20. The topological polar surface area (TPSA) is 0 Å². The normalized spacial score (nSPS) is 23.5. The van der Waals surface area contributed by atoms with Crippen LogP contribution in [0.5, 0.6) is 0 Å². The Morgan fingerprint density at radius 3 is 2.16 bits per heavy atom. The molecule has 0 saturated heterocycles. The molecule has 0 N–H and O–H groups in total. The molecule has 1 aliphatic rings. The third kappa shape index (κ3) is 5.01. The highest BCUT2D eigenvalue weighted by Crippen LogP contribution is 2.33. The first-order valence-electron chi connectivity index (χ1n) is 8.33. The minimum Gasteiger partial charge on any atom is -0.0654 e. The quantitative estimate of drug-likeness (QED) is 0.555. The van der Waals surface area contributed by atoms with Crippen molar-refractivity contribution in [3.05, 3.63) is 35.4 Å². The Balaban J connectivity index is 1.69. The summed E-state index contributed by atoms with van der Waals surface area (Å²) in [6.07, 6.45) is 13.0. The van der Waals surface area contributed by atoms with Gasteiger partial charge in [-0.25, -0.2) is 0 Å². The molecule has 0 aliphatic heterocycles. The van der Waals surface area contributed by atoms with E-state index in [1.54, 1.807) is 5.56 Å². The SMILES string of the molecule is CCCCCC1CCC(Cc2ccc(C)cc2)CC1. The number of aryl methyl sites for hydroxylation is 1. The van der Waals surface area contributed by atoms with E-state index >= 15 is 0 Å². The fourth-order valence-corrected chi connectivity index (χ4v) is 3.46. The van der Waals surface area contributed by atoms with Gasteiger partial charge in [-0.15, -0.1) is 0 Å². The van der Waals surface area contributed by atoms with Gasteiger partial charge in [-0.05, 0) is 43.6 Å². The molecule has 0 atom stereocenters. The van der Waals surface area contributed by atoms with Gasteiger partial charge in [0.2, 0.25) is 0 Å². The Bertz CT molecular complexity index is 341. The number of hydrogen-bond donors (Lipinski definition) is 0. The van der Waals surface area contributed by atoms with Crippen molar-refractivity contribution in [2.24, 2.45) is 11.8 Å². The molecule has 1 saturated carbocycles. The maximum absolute atomic E-state index is 2.32. The summed E-state index contributed by atoms with van der Waals surface area (Å²) < 4.78 is 0. The number of benzene rings is 1. The first kappa shape index (κ1) is 14.6. The molecule has 0 heterocycles. The summed E-state index contributed by atoms with van der Waals surface area (Å²) >= 11 is 0. The molecule has 0 bridgehead atoms. The molecule has 1 fully saturated rings. The van der Waals surface area contributed by atoms with E-state index in [2.05, 4.69) is 38.1 Å². The zero-order valence-corrected chi connectivity index (χ0v) is 12.8. The fraction of sp³-hybridized carbons (Fsp3) is 0.684. The fourth-order valence-electron chi connectivity index (χ4n) is 3.46. The predicted molar refractivity (Wildman–Crippen MR) is 84.5 cm³/mol. The molecule has 0 radical (unpaired) electrons. The van der Waals surface area contributed by atoms with Gasteiger partial charge in [0.05, 0.1) is 0 Å². The molecule has 106 valence electrons. The summed E-state index contributed by atoms with van der Waals surface area (Å²) in [7, 11) is 0. The van der Waals surface area contributed by atoms with Crippen molar-refractivity contribution in [1.29, 1.82) is 0 Å². The summed E-state index contributed by atoms with van der Waals surface area (Å²) in [6, 6.07) is 9.16. The first-order valence-corrected chi connectivity index (χ1v) is 8.33. The average molecular weight is 258 g/mol. The second-order valence-electron chi connectivity index (χ2n) is 6.57. The molecule has 2 rings (SSSR count). The Kier molecular flexibility index (Phi) is 5.94. The van der Waals surface area contributed by atoms with Gasteiger partial charge in [-0.3, -0.25) is 0 Å². The van der Waals surface area contributed by atoms with E-state index in [1.165, 1.54) is 63.4 Å². The minimum absolute atomic E-state index is 0.949. The van der Waals surface area contributed by atoms with Gasteiger partial charge in [-0.2, -0.15) is 0 Å². The standard InChI is InChI=1S/C19H30/c1-3-4-5-6-17-11-13-19(14-12-17)15-18-9-7-16(2)8-10-18/h7-10,17,19H,3-6,11-15H2,1-2H3. The van der Waals surface area contributed by atoms with Gasteiger partial charge in [0, 0.05) is 0 Å². The van der Waals surface area contributed by atoms with Gasteiger partial charge in [0.15, 0.2) is 0 Å². The lowest BCUT2D eigenvalue weighted by Crippen LogP contribution is -2.16. The van der Waals surface area contributed by atoms with Crippen LogP contribution in [0.25, 0.3) is 0 Å². The molecule has 0 nitrogen and oxygen atoms in total. The third-order valence-electron chi connectivity index (χ3n) is 4.83. The molecule has 1 aromatic carbocycles. The second-order valence-corrected chi connectivity index (χ2v) is 6.57. The smallest absolute Gasteiger partial charge is 0.0250 e. The highest BCUT2D eigenvalue weighted by atomic mass is 14.3. The molecule has 19 heavy (non-hydrogen) atoms. The Morgan fingerprint density at radius 1 is 0.895 bits per heavy atom. The highest BCUT2D eigenvalue weighted by molar-refractivity contribution is 5.21. The van der Waals surface area contributed by atoms with Crippen LogP contribution in [0.15, 0.2) is 24.3 Å². The molecule has 1 aliphatic carbocycles. The average Bonchev–Trinajstić information content (AvgIpc) is 2.44. The third-order valence-corrected chi connectivity index (χ3v) is 4.83. The molecule has 0 heteroatoms. The molecule has 0 unspecified atom stereocenters. The number of unbranched alkanes of at least 4 members (excludes halogenated alkanes) is 2. The summed E-state index contributed by atoms with van der Waals surface area (Å²) in [5.74, 6) is 1.99. The van der Waals surface area contributed by atoms with Crippen molar-refractivity contribution in [2.45, 2.75) is 71.6 Å². The second kappa shape index (κ2) is 7.72. The Morgan fingerprint density at radius 2 is 1.53 bits per heavy atom. The zero-order chi connectivity index (χ0) is 13.5. The Labute approximate surface area is 119 Å². The first-order chi connectivity index (χ1) is 9.28. The predicted octanol–water partition coefficient (Wildman–Crippen LogP) is 5.92. The lowest BCUT2D eigenvalue weighted by Gasteiger charge is -2.28. The molecule has 0 aromatic heterocycles. The summed E-state index contributed by atoms with van der Waals surface area (Å²) in [6.45, 7) is 4.48. The number of rotatable bonds is 6. The minimum atomic E-state index is 0.949. The summed E-state index contributed by atoms with van der Waals surface area (Å²) in [5.41, 5.74) is 2.92. The molecule has 0 spiro atoms. The molecular formula is C19H30. The van der Waals surface area contributed by atoms with Crippen LogP contribution in [-0.2, 0) is 6.42 Å². The van der Waals surface area contributed by atoms with Crippen molar-refractivity contribution >= 4 is 0 Å². The number of hydrogen-bond acceptors (Lipinski definition) is 0. The molecule has 0 amide bonds. The van der Waals surface area contributed by atoms with Crippen molar-refractivity contribution in [1.82, 2.24) is 0 Å². The van der Waals surface area contributed by atoms with Gasteiger partial charge >= 0.3 is 0 Å². The van der Waals surface area contributed by atoms with Crippen LogP contribution in [0.1, 0.15) is 69.4 Å². The van der Waals surface area contributed by atoms with E-state index in [0.29, 0.717) is 0 Å². The van der Waals surface area contributed by atoms with Crippen LogP contribution < -0.4 is 0 Å². The van der Waals surface area contributed by atoms with Crippen LogP contribution in [0.4, 0.5) is 0 Å². The van der Waals surface area contributed by atoms with E-state index in [0.717, 1.165) is 11.8 Å². The summed E-state index contributed by atoms with van der Waals surface area (Å²) in [5, 5.41) is 0. The maximum Gasteiger partial charge on any atom is -0.0250 e. The van der Waals surface area contributed by atoms with Crippen LogP contribution >= 0.6 is 0 Å². The monoisotopic (exact) mass is 258 g/mol. The van der Waals surface area contributed by atoms with Gasteiger partial charge in [0.25, 0.3) is 0 Å². The van der Waals surface area contributed by atoms with Gasteiger partial charge in [-0.1, -0.05) is 75.3 Å². The van der Waals surface area contributed by atoms with Gasteiger partial charge in [0.1, 0.15) is 0 Å². The van der Waals surface area contributed by atoms with Crippen molar-refractivity contribution in [3.8, 4) is 0 Å². The van der Waals surface area contributed by atoms with E-state index < -0.39 is 0 Å². The zero-order valence-electron chi connectivity index (χ0n) is 12.8. The van der Waals surface area contributed by atoms with Crippen LogP contribution in [0.3, 0.4) is 0 Å². The van der Waals surface area contributed by atoms with E-state index in [1.807, 2.05) is 0 Å². The van der Waals surface area contributed by atoms with Crippen molar-refractivity contribution in [2.75, 3.05) is 0 Å². The lowest BCUT2D eigenvalue weighted by atomic mass is 9.77. The van der Waals surface area contributed by atoms with Crippen LogP contribution in [0.2, 0.25) is 0 Å². The molecule has 1 aromatic rings.